The van der Waals surface area contributed by atoms with E-state index in [-0.39, 0.29) is 11.9 Å². The van der Waals surface area contributed by atoms with Crippen molar-refractivity contribution in [3.8, 4) is 5.69 Å². The maximum atomic E-state index is 12.8. The molecule has 0 spiro atoms. The van der Waals surface area contributed by atoms with E-state index in [1.807, 2.05) is 77.9 Å². The molecule has 0 N–H and O–H groups in total. The van der Waals surface area contributed by atoms with Crippen LogP contribution in [0.4, 0.5) is 0 Å². The van der Waals surface area contributed by atoms with Gasteiger partial charge in [-0.25, -0.2) is 0 Å². The monoisotopic (exact) mass is 400 g/mol. The summed E-state index contributed by atoms with van der Waals surface area (Å²) in [7, 11) is 0. The van der Waals surface area contributed by atoms with Gasteiger partial charge < -0.3 is 4.90 Å². The second-order valence-electron chi connectivity index (χ2n) is 6.35. The largest absolute Gasteiger partial charge is 0.335 e. The second kappa shape index (κ2) is 9.06. The lowest BCUT2D eigenvalue weighted by atomic mass is 10.2. The smallest absolute Gasteiger partial charge is 0.233 e. The number of carbonyl (C=O) groups is 1. The zero-order valence-corrected chi connectivity index (χ0v) is 16.8. The average Bonchev–Trinajstić information content (AvgIpc) is 3.13. The van der Waals surface area contributed by atoms with Gasteiger partial charge in [0.1, 0.15) is 6.33 Å². The summed E-state index contributed by atoms with van der Waals surface area (Å²) in [6.45, 7) is 4.65. The molecule has 0 radical (unpaired) electrons. The first kappa shape index (κ1) is 19.5. The summed E-state index contributed by atoms with van der Waals surface area (Å²) in [6, 6.07) is 17.6. The lowest BCUT2D eigenvalue weighted by molar-refractivity contribution is -0.130. The second-order valence-corrected chi connectivity index (χ2v) is 7.73. The van der Waals surface area contributed by atoms with E-state index in [0.717, 1.165) is 11.3 Å². The summed E-state index contributed by atoms with van der Waals surface area (Å²) in [6.07, 6.45) is 1.63. The Labute approximate surface area is 168 Å². The van der Waals surface area contributed by atoms with Gasteiger partial charge in [0.05, 0.1) is 11.4 Å². The van der Waals surface area contributed by atoms with Gasteiger partial charge in [0.2, 0.25) is 5.91 Å². The van der Waals surface area contributed by atoms with E-state index in [9.17, 15) is 4.79 Å². The number of thioether (sulfide) groups is 1. The van der Waals surface area contributed by atoms with Crippen LogP contribution in [0.15, 0.2) is 66.1 Å². The van der Waals surface area contributed by atoms with Gasteiger partial charge >= 0.3 is 0 Å². The van der Waals surface area contributed by atoms with Crippen LogP contribution in [0, 0.1) is 0 Å². The van der Waals surface area contributed by atoms with Crippen LogP contribution in [-0.4, -0.2) is 37.4 Å². The molecule has 5 nitrogen and oxygen atoms in total. The van der Waals surface area contributed by atoms with Gasteiger partial charge in [0.25, 0.3) is 0 Å². The number of amides is 1. The molecule has 2 aromatic carbocycles. The minimum Gasteiger partial charge on any atom is -0.335 e. The molecule has 1 aromatic heterocycles. The maximum absolute atomic E-state index is 12.8. The van der Waals surface area contributed by atoms with E-state index >= 15 is 0 Å². The number of carbonyl (C=O) groups excluding carboxylic acids is 1. The third-order valence-corrected chi connectivity index (χ3v) is 5.23. The minimum absolute atomic E-state index is 0.0690. The van der Waals surface area contributed by atoms with Crippen molar-refractivity contribution in [3.05, 3.63) is 71.5 Å². The fraction of sp³-hybridized carbons (Fsp3) is 0.250. The van der Waals surface area contributed by atoms with E-state index in [0.29, 0.717) is 22.5 Å². The van der Waals surface area contributed by atoms with Gasteiger partial charge in [-0.05, 0) is 37.6 Å². The SMILES string of the molecule is CC(C)N(Cc1ccccc1)C(=O)CSc1nncn1-c1cccc(Cl)c1. The highest BCUT2D eigenvalue weighted by atomic mass is 35.5. The van der Waals surface area contributed by atoms with Crippen LogP contribution < -0.4 is 0 Å². The highest BCUT2D eigenvalue weighted by molar-refractivity contribution is 7.99. The highest BCUT2D eigenvalue weighted by Gasteiger charge is 2.19. The Kier molecular flexibility index (Phi) is 6.53. The first-order valence-electron chi connectivity index (χ1n) is 8.67. The Balaban J connectivity index is 1.69. The third-order valence-electron chi connectivity index (χ3n) is 4.07. The molecule has 0 aliphatic carbocycles. The van der Waals surface area contributed by atoms with E-state index in [4.69, 9.17) is 11.6 Å². The number of rotatable bonds is 7. The lowest BCUT2D eigenvalue weighted by Crippen LogP contribution is -2.37. The number of benzene rings is 2. The Morgan fingerprint density at radius 3 is 2.67 bits per heavy atom. The molecule has 0 saturated heterocycles. The van der Waals surface area contributed by atoms with Crippen LogP contribution in [0.1, 0.15) is 19.4 Å². The molecule has 3 rings (SSSR count). The Hall–Kier alpha value is -2.31. The fourth-order valence-electron chi connectivity index (χ4n) is 2.67. The summed E-state index contributed by atoms with van der Waals surface area (Å²) in [5.74, 6) is 0.365. The molecule has 140 valence electrons. The zero-order valence-electron chi connectivity index (χ0n) is 15.2. The van der Waals surface area contributed by atoms with Crippen molar-refractivity contribution in [2.24, 2.45) is 0 Å². The average molecular weight is 401 g/mol. The van der Waals surface area contributed by atoms with E-state index < -0.39 is 0 Å². The standard InChI is InChI=1S/C20H21ClN4OS/c1-15(2)24(12-16-7-4-3-5-8-16)19(26)13-27-20-23-22-14-25(20)18-10-6-9-17(21)11-18/h3-11,14-15H,12-13H2,1-2H3. The Morgan fingerprint density at radius 1 is 1.19 bits per heavy atom. The van der Waals surface area contributed by atoms with Crippen molar-refractivity contribution < 1.29 is 4.79 Å². The first-order valence-corrected chi connectivity index (χ1v) is 10.0. The molecule has 0 saturated carbocycles. The Bertz CT molecular complexity index is 898. The molecule has 0 aliphatic rings. The molecule has 1 heterocycles. The highest BCUT2D eigenvalue weighted by Crippen LogP contribution is 2.22. The number of hydrogen-bond donors (Lipinski definition) is 0. The van der Waals surface area contributed by atoms with Crippen LogP contribution in [-0.2, 0) is 11.3 Å². The van der Waals surface area contributed by atoms with Gasteiger partial charge in [-0.1, -0.05) is 59.8 Å². The summed E-state index contributed by atoms with van der Waals surface area (Å²) < 4.78 is 1.83. The summed E-state index contributed by atoms with van der Waals surface area (Å²) in [5.41, 5.74) is 1.99. The maximum Gasteiger partial charge on any atom is 0.233 e. The van der Waals surface area contributed by atoms with Crippen LogP contribution >= 0.6 is 23.4 Å². The molecular formula is C20H21ClN4OS. The van der Waals surface area contributed by atoms with Gasteiger partial charge in [-0.3, -0.25) is 9.36 Å². The van der Waals surface area contributed by atoms with Gasteiger partial charge in [-0.15, -0.1) is 10.2 Å². The summed E-state index contributed by atoms with van der Waals surface area (Å²) in [4.78, 5) is 14.7. The summed E-state index contributed by atoms with van der Waals surface area (Å²) in [5, 5.41) is 9.42. The van der Waals surface area contributed by atoms with Gasteiger partial charge in [0.15, 0.2) is 5.16 Å². The molecule has 0 unspecified atom stereocenters. The molecule has 27 heavy (non-hydrogen) atoms. The van der Waals surface area contributed by atoms with Crippen molar-refractivity contribution in [2.45, 2.75) is 31.6 Å². The molecule has 0 bridgehead atoms. The number of aromatic nitrogens is 3. The van der Waals surface area contributed by atoms with Crippen molar-refractivity contribution in [1.82, 2.24) is 19.7 Å². The van der Waals surface area contributed by atoms with Crippen molar-refractivity contribution in [1.29, 1.82) is 0 Å². The van der Waals surface area contributed by atoms with Crippen LogP contribution in [0.5, 0.6) is 0 Å². The number of hydrogen-bond acceptors (Lipinski definition) is 4. The van der Waals surface area contributed by atoms with Crippen molar-refractivity contribution in [3.63, 3.8) is 0 Å². The topological polar surface area (TPSA) is 51.0 Å². The molecule has 7 heteroatoms. The van der Waals surface area contributed by atoms with Crippen molar-refractivity contribution >= 4 is 29.3 Å². The van der Waals surface area contributed by atoms with E-state index in [2.05, 4.69) is 10.2 Å². The van der Waals surface area contributed by atoms with Gasteiger partial charge in [0, 0.05) is 17.6 Å². The zero-order chi connectivity index (χ0) is 19.2. The quantitative estimate of drug-likeness (QED) is 0.550. The first-order chi connectivity index (χ1) is 13.0. The number of halogens is 1. The van der Waals surface area contributed by atoms with Crippen LogP contribution in [0.25, 0.3) is 5.69 Å². The van der Waals surface area contributed by atoms with Crippen LogP contribution in [0.3, 0.4) is 0 Å². The van der Waals surface area contributed by atoms with Gasteiger partial charge in [-0.2, -0.15) is 0 Å². The Morgan fingerprint density at radius 2 is 1.96 bits per heavy atom. The molecule has 1 amide bonds. The fourth-order valence-corrected chi connectivity index (χ4v) is 3.67. The molecule has 0 atom stereocenters. The predicted molar refractivity (Wildman–Crippen MR) is 109 cm³/mol. The third kappa shape index (κ3) is 5.11. The number of nitrogens with zero attached hydrogens (tertiary/aromatic N) is 4. The van der Waals surface area contributed by atoms with E-state index in [1.165, 1.54) is 11.8 Å². The molecule has 3 aromatic rings. The van der Waals surface area contributed by atoms with Crippen molar-refractivity contribution in [2.75, 3.05) is 5.75 Å². The molecule has 0 aliphatic heterocycles. The minimum atomic E-state index is 0.0690. The summed E-state index contributed by atoms with van der Waals surface area (Å²) >= 11 is 7.45. The molecular weight excluding hydrogens is 380 g/mol. The normalized spacial score (nSPS) is 11.0. The van der Waals surface area contributed by atoms with E-state index in [1.54, 1.807) is 6.33 Å². The lowest BCUT2D eigenvalue weighted by Gasteiger charge is -2.26. The van der Waals surface area contributed by atoms with Crippen LogP contribution in [0.2, 0.25) is 5.02 Å². The molecule has 0 fully saturated rings. The predicted octanol–water partition coefficient (Wildman–Crippen LogP) is 4.45.